The third-order valence-corrected chi connectivity index (χ3v) is 7.22. The average molecular weight is 433 g/mol. The maximum Gasteiger partial charge on any atom is 0.244 e. The van der Waals surface area contributed by atoms with Crippen LogP contribution in [-0.2, 0) is 16.6 Å². The zero-order valence-electron chi connectivity index (χ0n) is 16.1. The van der Waals surface area contributed by atoms with E-state index in [1.165, 1.54) is 10.4 Å². The molecule has 2 heterocycles. The normalized spacial score (nSPS) is 17.0. The summed E-state index contributed by atoms with van der Waals surface area (Å²) >= 11 is 6.06. The number of sulfonamides is 1. The molecule has 0 saturated carbocycles. The Morgan fingerprint density at radius 3 is 2.48 bits per heavy atom. The molecule has 3 aromatic rings. The molecule has 1 aromatic heterocycles. The number of fused-ring (bicyclic) bond motifs is 1. The molecular formula is C21H21ClN2O4S. The molecular weight excluding hydrogens is 412 g/mol. The van der Waals surface area contributed by atoms with Gasteiger partial charge in [-0.2, -0.15) is 4.31 Å². The van der Waals surface area contributed by atoms with Gasteiger partial charge >= 0.3 is 0 Å². The molecule has 0 radical (unpaired) electrons. The molecule has 6 nitrogen and oxygen atoms in total. The molecule has 0 N–H and O–H groups in total. The monoisotopic (exact) mass is 432 g/mol. The van der Waals surface area contributed by atoms with Crippen LogP contribution in [0.5, 0.6) is 11.5 Å². The van der Waals surface area contributed by atoms with Gasteiger partial charge in [0.25, 0.3) is 0 Å². The quantitative estimate of drug-likeness (QED) is 0.612. The zero-order valence-corrected chi connectivity index (χ0v) is 17.7. The first-order valence-corrected chi connectivity index (χ1v) is 10.9. The predicted molar refractivity (Wildman–Crippen MR) is 111 cm³/mol. The highest BCUT2D eigenvalue weighted by Gasteiger charge is 2.38. The van der Waals surface area contributed by atoms with Crippen LogP contribution in [-0.4, -0.2) is 38.1 Å². The molecule has 1 unspecified atom stereocenters. The molecule has 0 spiro atoms. The zero-order chi connectivity index (χ0) is 20.6. The molecule has 2 aromatic carbocycles. The van der Waals surface area contributed by atoms with Crippen LogP contribution in [0.25, 0.3) is 0 Å². The summed E-state index contributed by atoms with van der Waals surface area (Å²) in [6, 6.07) is 15.2. The first kappa shape index (κ1) is 19.8. The van der Waals surface area contributed by atoms with Crippen molar-refractivity contribution in [2.75, 3.05) is 20.8 Å². The van der Waals surface area contributed by atoms with E-state index in [9.17, 15) is 8.42 Å². The topological polar surface area (TPSA) is 60.8 Å². The summed E-state index contributed by atoms with van der Waals surface area (Å²) in [7, 11) is -0.644. The first-order valence-electron chi connectivity index (χ1n) is 9.10. The minimum absolute atomic E-state index is 0.176. The molecule has 152 valence electrons. The third-order valence-electron chi connectivity index (χ3n) is 5.12. The third kappa shape index (κ3) is 3.50. The second kappa shape index (κ2) is 7.74. The van der Waals surface area contributed by atoms with Crippen molar-refractivity contribution in [3.8, 4) is 11.5 Å². The lowest BCUT2D eigenvalue weighted by Crippen LogP contribution is -2.42. The van der Waals surface area contributed by atoms with E-state index in [1.54, 1.807) is 38.5 Å². The van der Waals surface area contributed by atoms with Crippen molar-refractivity contribution < 1.29 is 17.9 Å². The number of methoxy groups -OCH3 is 2. The van der Waals surface area contributed by atoms with Crippen molar-refractivity contribution in [1.29, 1.82) is 0 Å². The van der Waals surface area contributed by atoms with E-state index in [0.717, 1.165) is 11.3 Å². The second-order valence-electron chi connectivity index (χ2n) is 6.72. The first-order chi connectivity index (χ1) is 14.0. The van der Waals surface area contributed by atoms with E-state index in [-0.39, 0.29) is 4.90 Å². The molecule has 0 aliphatic carbocycles. The van der Waals surface area contributed by atoms with Crippen molar-refractivity contribution >= 4 is 21.6 Å². The van der Waals surface area contributed by atoms with E-state index < -0.39 is 16.1 Å². The van der Waals surface area contributed by atoms with Crippen LogP contribution in [0.4, 0.5) is 0 Å². The van der Waals surface area contributed by atoms with Crippen molar-refractivity contribution in [2.45, 2.75) is 17.5 Å². The van der Waals surface area contributed by atoms with E-state index >= 15 is 0 Å². The summed E-state index contributed by atoms with van der Waals surface area (Å²) in [5, 5.41) is 0.383. The molecule has 1 aliphatic rings. The molecule has 0 amide bonds. The van der Waals surface area contributed by atoms with Crippen molar-refractivity contribution in [3.63, 3.8) is 0 Å². The molecule has 0 bridgehead atoms. The molecule has 1 aliphatic heterocycles. The van der Waals surface area contributed by atoms with E-state index in [2.05, 4.69) is 4.57 Å². The van der Waals surface area contributed by atoms with Crippen LogP contribution in [0.1, 0.15) is 17.3 Å². The van der Waals surface area contributed by atoms with Crippen LogP contribution < -0.4 is 9.47 Å². The van der Waals surface area contributed by atoms with E-state index in [1.807, 2.05) is 30.5 Å². The van der Waals surface area contributed by atoms with Crippen LogP contribution in [0.2, 0.25) is 5.02 Å². The molecule has 0 fully saturated rings. The maximum atomic E-state index is 13.5. The number of ether oxygens (including phenoxy) is 2. The Morgan fingerprint density at radius 2 is 1.76 bits per heavy atom. The minimum Gasteiger partial charge on any atom is -0.493 e. The lowest BCUT2D eigenvalue weighted by Gasteiger charge is -2.36. The Labute approximate surface area is 175 Å². The highest BCUT2D eigenvalue weighted by Crippen LogP contribution is 2.39. The van der Waals surface area contributed by atoms with Crippen molar-refractivity contribution in [1.82, 2.24) is 8.87 Å². The van der Waals surface area contributed by atoms with Crippen LogP contribution in [0, 0.1) is 0 Å². The standard InChI is InChI=1S/C21H21ClN2O4S/c1-27-19-9-8-15(13-20(19)28-2)21-18-7-4-10-23(18)11-12-24(21)29(25,26)17-6-3-5-16(22)14-17/h3-10,13-14,21H,11-12H2,1-2H3. The largest absolute Gasteiger partial charge is 0.493 e. The fourth-order valence-electron chi connectivity index (χ4n) is 3.74. The molecule has 0 saturated heterocycles. The maximum absolute atomic E-state index is 13.5. The number of aromatic nitrogens is 1. The summed E-state index contributed by atoms with van der Waals surface area (Å²) < 4.78 is 41.4. The second-order valence-corrected chi connectivity index (χ2v) is 9.04. The Bertz CT molecular complexity index is 1140. The van der Waals surface area contributed by atoms with Gasteiger partial charge in [0.05, 0.1) is 25.2 Å². The summed E-state index contributed by atoms with van der Waals surface area (Å²) in [6.45, 7) is 0.918. The highest BCUT2D eigenvalue weighted by atomic mass is 35.5. The van der Waals surface area contributed by atoms with Gasteiger partial charge in [0.2, 0.25) is 10.0 Å². The van der Waals surface area contributed by atoms with Crippen molar-refractivity contribution in [3.05, 3.63) is 77.1 Å². The molecule has 8 heteroatoms. The Kier molecular flexibility index (Phi) is 5.29. The van der Waals surface area contributed by atoms with E-state index in [4.69, 9.17) is 21.1 Å². The number of hydrogen-bond donors (Lipinski definition) is 0. The van der Waals surface area contributed by atoms with Crippen LogP contribution in [0.3, 0.4) is 0 Å². The highest BCUT2D eigenvalue weighted by molar-refractivity contribution is 7.89. The summed E-state index contributed by atoms with van der Waals surface area (Å²) in [6.07, 6.45) is 1.96. The summed E-state index contributed by atoms with van der Waals surface area (Å²) in [4.78, 5) is 0.176. The van der Waals surface area contributed by atoms with Gasteiger partial charge in [-0.3, -0.25) is 0 Å². The Morgan fingerprint density at radius 1 is 0.966 bits per heavy atom. The van der Waals surface area contributed by atoms with Gasteiger partial charge < -0.3 is 14.0 Å². The number of rotatable bonds is 5. The van der Waals surface area contributed by atoms with Gasteiger partial charge in [0.15, 0.2) is 11.5 Å². The molecule has 1 atom stereocenters. The lowest BCUT2D eigenvalue weighted by molar-refractivity contribution is 0.296. The predicted octanol–water partition coefficient (Wildman–Crippen LogP) is 3.95. The number of nitrogens with zero attached hydrogens (tertiary/aromatic N) is 2. The van der Waals surface area contributed by atoms with Crippen LogP contribution >= 0.6 is 11.6 Å². The summed E-state index contributed by atoms with van der Waals surface area (Å²) in [5.41, 5.74) is 1.70. The van der Waals surface area contributed by atoms with Gasteiger partial charge in [-0.05, 0) is 48.0 Å². The Balaban J connectivity index is 1.86. The van der Waals surface area contributed by atoms with Crippen LogP contribution in [0.15, 0.2) is 65.7 Å². The Hall–Kier alpha value is -2.48. The van der Waals surface area contributed by atoms with Gasteiger partial charge in [-0.15, -0.1) is 0 Å². The van der Waals surface area contributed by atoms with Crippen molar-refractivity contribution in [2.24, 2.45) is 0 Å². The molecule has 29 heavy (non-hydrogen) atoms. The summed E-state index contributed by atoms with van der Waals surface area (Å²) in [5.74, 6) is 1.14. The van der Waals surface area contributed by atoms with E-state index in [0.29, 0.717) is 29.6 Å². The average Bonchev–Trinajstić information content (AvgIpc) is 3.21. The SMILES string of the molecule is COc1ccc(C2c3cccn3CCN2S(=O)(=O)c2cccc(Cl)c2)cc1OC. The van der Waals surface area contributed by atoms with Gasteiger partial charge in [-0.1, -0.05) is 23.7 Å². The van der Waals surface area contributed by atoms with Gasteiger partial charge in [0, 0.05) is 30.0 Å². The lowest BCUT2D eigenvalue weighted by atomic mass is 10.0. The smallest absolute Gasteiger partial charge is 0.244 e. The minimum atomic E-state index is -3.77. The van der Waals surface area contributed by atoms with Gasteiger partial charge in [-0.25, -0.2) is 8.42 Å². The number of hydrogen-bond acceptors (Lipinski definition) is 4. The van der Waals surface area contributed by atoms with Gasteiger partial charge in [0.1, 0.15) is 0 Å². The fourth-order valence-corrected chi connectivity index (χ4v) is 5.63. The fraction of sp³-hybridized carbons (Fsp3) is 0.238. The number of benzene rings is 2. The number of halogens is 1. The molecule has 4 rings (SSSR count).